The quantitative estimate of drug-likeness (QED) is 0.745. The predicted octanol–water partition coefficient (Wildman–Crippen LogP) is 2.40. The van der Waals surface area contributed by atoms with Crippen molar-refractivity contribution in [2.45, 2.75) is 12.6 Å². The number of fused-ring (bicyclic) bond motifs is 1. The number of benzene rings is 1. The molecule has 1 aliphatic heterocycles. The summed E-state index contributed by atoms with van der Waals surface area (Å²) in [5.74, 6) is 0. The zero-order valence-corrected chi connectivity index (χ0v) is 12.4. The van der Waals surface area contributed by atoms with Crippen LogP contribution in [0.15, 0.2) is 42.7 Å². The first-order valence-corrected chi connectivity index (χ1v) is 7.90. The Labute approximate surface area is 126 Å². The highest BCUT2D eigenvalue weighted by Gasteiger charge is 2.23. The minimum Gasteiger partial charge on any atom is -0.373 e. The molecule has 0 radical (unpaired) electrons. The minimum absolute atomic E-state index is 0.158. The lowest BCUT2D eigenvalue weighted by atomic mass is 10.3. The second-order valence-electron chi connectivity index (χ2n) is 5.13. The number of morpholine rings is 1. The molecule has 2 aromatic heterocycles. The van der Waals surface area contributed by atoms with E-state index in [0.29, 0.717) is 0 Å². The fourth-order valence-electron chi connectivity index (χ4n) is 2.62. The van der Waals surface area contributed by atoms with Crippen LogP contribution in [0.2, 0.25) is 0 Å². The summed E-state index contributed by atoms with van der Waals surface area (Å²) in [5, 5.41) is 5.34. The molecule has 6 heteroatoms. The molecule has 0 bridgehead atoms. The lowest BCUT2D eigenvalue weighted by molar-refractivity contribution is 0.0274. The SMILES string of the molecule is c1ccc2sc(N3CCO[C@H](Cn4cccn4)C3)nc2c1. The Balaban J connectivity index is 1.52. The van der Waals surface area contributed by atoms with Crippen LogP contribution < -0.4 is 4.90 Å². The van der Waals surface area contributed by atoms with Crippen molar-refractivity contribution in [3.8, 4) is 0 Å². The molecule has 1 atom stereocenters. The average Bonchev–Trinajstić information content (AvgIpc) is 3.16. The van der Waals surface area contributed by atoms with Gasteiger partial charge < -0.3 is 9.64 Å². The number of anilines is 1. The number of ether oxygens (including phenoxy) is 1. The molecule has 3 aromatic rings. The van der Waals surface area contributed by atoms with Gasteiger partial charge >= 0.3 is 0 Å². The van der Waals surface area contributed by atoms with Gasteiger partial charge in [-0.05, 0) is 18.2 Å². The maximum atomic E-state index is 5.85. The van der Waals surface area contributed by atoms with E-state index in [1.165, 1.54) is 4.70 Å². The monoisotopic (exact) mass is 300 g/mol. The van der Waals surface area contributed by atoms with Crippen molar-refractivity contribution in [3.05, 3.63) is 42.7 Å². The van der Waals surface area contributed by atoms with Crippen LogP contribution in [-0.4, -0.2) is 40.6 Å². The smallest absolute Gasteiger partial charge is 0.186 e. The molecule has 108 valence electrons. The molecular formula is C15H16N4OS. The summed E-state index contributed by atoms with van der Waals surface area (Å²) in [5.41, 5.74) is 1.08. The predicted molar refractivity (Wildman–Crippen MR) is 83.8 cm³/mol. The Morgan fingerprint density at radius 3 is 3.10 bits per heavy atom. The van der Waals surface area contributed by atoms with Gasteiger partial charge in [0.15, 0.2) is 5.13 Å². The molecule has 21 heavy (non-hydrogen) atoms. The van der Waals surface area contributed by atoms with Gasteiger partial charge in [-0.15, -0.1) is 0 Å². The van der Waals surface area contributed by atoms with Gasteiger partial charge in [0.25, 0.3) is 0 Å². The van der Waals surface area contributed by atoms with Crippen LogP contribution in [0.3, 0.4) is 0 Å². The van der Waals surface area contributed by atoms with Gasteiger partial charge in [0, 0.05) is 25.5 Å². The summed E-state index contributed by atoms with van der Waals surface area (Å²) < 4.78 is 9.01. The summed E-state index contributed by atoms with van der Waals surface area (Å²) in [6, 6.07) is 10.2. The number of hydrogen-bond donors (Lipinski definition) is 0. The Morgan fingerprint density at radius 2 is 2.24 bits per heavy atom. The average molecular weight is 300 g/mol. The normalized spacial score (nSPS) is 19.2. The van der Waals surface area contributed by atoms with Crippen molar-refractivity contribution in [1.29, 1.82) is 0 Å². The second-order valence-corrected chi connectivity index (χ2v) is 6.14. The largest absolute Gasteiger partial charge is 0.373 e. The molecular weight excluding hydrogens is 284 g/mol. The van der Waals surface area contributed by atoms with Gasteiger partial charge in [-0.1, -0.05) is 23.5 Å². The highest BCUT2D eigenvalue weighted by atomic mass is 32.1. The Bertz CT molecular complexity index is 691. The third-order valence-electron chi connectivity index (χ3n) is 3.64. The summed E-state index contributed by atoms with van der Waals surface area (Å²) in [6.45, 7) is 3.28. The lowest BCUT2D eigenvalue weighted by Crippen LogP contribution is -2.44. The summed E-state index contributed by atoms with van der Waals surface area (Å²) >= 11 is 1.75. The van der Waals surface area contributed by atoms with Crippen LogP contribution in [0.25, 0.3) is 10.2 Å². The summed E-state index contributed by atoms with van der Waals surface area (Å²) in [6.07, 6.45) is 3.93. The van der Waals surface area contributed by atoms with Crippen LogP contribution in [0.1, 0.15) is 0 Å². The molecule has 1 saturated heterocycles. The van der Waals surface area contributed by atoms with Crippen molar-refractivity contribution < 1.29 is 4.74 Å². The fraction of sp³-hybridized carbons (Fsp3) is 0.333. The number of aromatic nitrogens is 3. The Hall–Kier alpha value is -1.92. The molecule has 0 unspecified atom stereocenters. The van der Waals surface area contributed by atoms with Gasteiger partial charge in [-0.3, -0.25) is 4.68 Å². The van der Waals surface area contributed by atoms with E-state index >= 15 is 0 Å². The van der Waals surface area contributed by atoms with Gasteiger partial charge in [0.1, 0.15) is 0 Å². The molecule has 4 rings (SSSR count). The first-order valence-electron chi connectivity index (χ1n) is 7.08. The zero-order valence-electron chi connectivity index (χ0n) is 11.6. The molecule has 1 fully saturated rings. The summed E-state index contributed by atoms with van der Waals surface area (Å²) in [7, 11) is 0. The van der Waals surface area contributed by atoms with E-state index in [0.717, 1.165) is 36.9 Å². The highest BCUT2D eigenvalue weighted by Crippen LogP contribution is 2.29. The van der Waals surface area contributed by atoms with Crippen LogP contribution >= 0.6 is 11.3 Å². The third-order valence-corrected chi connectivity index (χ3v) is 4.74. The van der Waals surface area contributed by atoms with Gasteiger partial charge in [0.05, 0.1) is 29.5 Å². The molecule has 0 spiro atoms. The van der Waals surface area contributed by atoms with Crippen molar-refractivity contribution in [2.24, 2.45) is 0 Å². The standard InChI is InChI=1S/C15H16N4OS/c1-2-5-14-13(4-1)17-15(21-14)18-8-9-20-12(10-18)11-19-7-3-6-16-19/h1-7,12H,8-11H2/t12-/m0/s1. The summed E-state index contributed by atoms with van der Waals surface area (Å²) in [4.78, 5) is 7.06. The lowest BCUT2D eigenvalue weighted by Gasteiger charge is -2.32. The maximum absolute atomic E-state index is 5.85. The van der Waals surface area contributed by atoms with Gasteiger partial charge in [0.2, 0.25) is 0 Å². The first kappa shape index (κ1) is 12.8. The van der Waals surface area contributed by atoms with E-state index in [1.807, 2.05) is 23.0 Å². The molecule has 0 saturated carbocycles. The van der Waals surface area contributed by atoms with Gasteiger partial charge in [-0.25, -0.2) is 4.98 Å². The number of rotatable bonds is 3. The molecule has 0 aliphatic carbocycles. The van der Waals surface area contributed by atoms with Crippen molar-refractivity contribution >= 4 is 26.7 Å². The van der Waals surface area contributed by atoms with Crippen molar-refractivity contribution in [3.63, 3.8) is 0 Å². The van der Waals surface area contributed by atoms with E-state index in [2.05, 4.69) is 28.2 Å². The molecule has 3 heterocycles. The Morgan fingerprint density at radius 1 is 1.29 bits per heavy atom. The maximum Gasteiger partial charge on any atom is 0.186 e. The van der Waals surface area contributed by atoms with E-state index in [9.17, 15) is 0 Å². The van der Waals surface area contributed by atoms with E-state index in [4.69, 9.17) is 9.72 Å². The molecule has 1 aromatic carbocycles. The van der Waals surface area contributed by atoms with Crippen LogP contribution in [-0.2, 0) is 11.3 Å². The van der Waals surface area contributed by atoms with Crippen LogP contribution in [0.4, 0.5) is 5.13 Å². The third kappa shape index (κ3) is 2.64. The van der Waals surface area contributed by atoms with Crippen LogP contribution in [0.5, 0.6) is 0 Å². The molecule has 1 aliphatic rings. The molecule has 0 amide bonds. The zero-order chi connectivity index (χ0) is 14.1. The van der Waals surface area contributed by atoms with E-state index < -0.39 is 0 Å². The fourth-order valence-corrected chi connectivity index (χ4v) is 3.62. The Kier molecular flexibility index (Phi) is 3.33. The number of nitrogens with zero attached hydrogens (tertiary/aromatic N) is 4. The minimum atomic E-state index is 0.158. The van der Waals surface area contributed by atoms with E-state index in [-0.39, 0.29) is 6.10 Å². The first-order chi connectivity index (χ1) is 10.4. The highest BCUT2D eigenvalue weighted by molar-refractivity contribution is 7.22. The molecule has 0 N–H and O–H groups in total. The number of para-hydroxylation sites is 1. The number of hydrogen-bond acceptors (Lipinski definition) is 5. The van der Waals surface area contributed by atoms with Gasteiger partial charge in [-0.2, -0.15) is 5.10 Å². The second kappa shape index (κ2) is 5.46. The molecule has 5 nitrogen and oxygen atoms in total. The van der Waals surface area contributed by atoms with Crippen molar-refractivity contribution in [1.82, 2.24) is 14.8 Å². The van der Waals surface area contributed by atoms with Crippen molar-refractivity contribution in [2.75, 3.05) is 24.6 Å². The van der Waals surface area contributed by atoms with Crippen LogP contribution in [0, 0.1) is 0 Å². The van der Waals surface area contributed by atoms with E-state index in [1.54, 1.807) is 17.5 Å². The number of thiazole rings is 1. The topological polar surface area (TPSA) is 43.2 Å².